The summed E-state index contributed by atoms with van der Waals surface area (Å²) < 4.78 is 0. The number of hydrogen-bond acceptors (Lipinski definition) is 2. The molecule has 0 bridgehead atoms. The predicted octanol–water partition coefficient (Wildman–Crippen LogP) is 2.77. The van der Waals surface area contributed by atoms with E-state index in [0.717, 1.165) is 16.7 Å². The van der Waals surface area contributed by atoms with Crippen LogP contribution in [-0.4, -0.2) is 16.3 Å². The summed E-state index contributed by atoms with van der Waals surface area (Å²) in [6.07, 6.45) is -1.57. The Labute approximate surface area is 101 Å². The lowest BCUT2D eigenvalue weighted by Crippen LogP contribution is -2.13. The summed E-state index contributed by atoms with van der Waals surface area (Å²) in [6, 6.07) is 17.7. The molecule has 0 aliphatic carbocycles. The normalized spacial score (nSPS) is 14.3. The van der Waals surface area contributed by atoms with Crippen molar-refractivity contribution in [3.8, 4) is 11.1 Å². The van der Waals surface area contributed by atoms with Crippen molar-refractivity contribution in [3.05, 3.63) is 60.2 Å². The number of benzene rings is 2. The summed E-state index contributed by atoms with van der Waals surface area (Å²) in [5.74, 6) is 0. The maximum Gasteiger partial charge on any atom is 0.105 e. The first-order valence-electron chi connectivity index (χ1n) is 5.70. The van der Waals surface area contributed by atoms with Gasteiger partial charge in [-0.05, 0) is 23.6 Å². The van der Waals surface area contributed by atoms with Crippen molar-refractivity contribution in [2.24, 2.45) is 0 Å². The third-order valence-corrected chi connectivity index (χ3v) is 2.82. The molecule has 0 aliphatic rings. The highest BCUT2D eigenvalue weighted by Gasteiger charge is 2.12. The molecule has 0 aromatic heterocycles. The van der Waals surface area contributed by atoms with Gasteiger partial charge in [-0.3, -0.25) is 0 Å². The van der Waals surface area contributed by atoms with Crippen LogP contribution in [0.5, 0.6) is 0 Å². The zero-order chi connectivity index (χ0) is 12.3. The predicted molar refractivity (Wildman–Crippen MR) is 68.5 cm³/mol. The van der Waals surface area contributed by atoms with Gasteiger partial charge >= 0.3 is 0 Å². The van der Waals surface area contributed by atoms with E-state index >= 15 is 0 Å². The fourth-order valence-corrected chi connectivity index (χ4v) is 1.78. The van der Waals surface area contributed by atoms with E-state index in [0.29, 0.717) is 0 Å². The minimum absolute atomic E-state index is 0.736. The Morgan fingerprint density at radius 3 is 1.82 bits per heavy atom. The van der Waals surface area contributed by atoms with Gasteiger partial charge in [-0.15, -0.1) is 0 Å². The highest BCUT2D eigenvalue weighted by Crippen LogP contribution is 2.23. The van der Waals surface area contributed by atoms with E-state index in [2.05, 4.69) is 0 Å². The zero-order valence-corrected chi connectivity index (χ0v) is 9.75. The molecule has 2 atom stereocenters. The van der Waals surface area contributed by atoms with E-state index < -0.39 is 12.2 Å². The molecule has 0 saturated heterocycles. The molecular weight excluding hydrogens is 212 g/mol. The summed E-state index contributed by atoms with van der Waals surface area (Å²) in [6.45, 7) is 1.58. The Balaban J connectivity index is 2.25. The molecule has 2 unspecified atom stereocenters. The largest absolute Gasteiger partial charge is 0.390 e. The Kier molecular flexibility index (Phi) is 3.57. The van der Waals surface area contributed by atoms with Gasteiger partial charge in [0.2, 0.25) is 0 Å². The molecule has 88 valence electrons. The van der Waals surface area contributed by atoms with Crippen LogP contribution in [0.3, 0.4) is 0 Å². The average Bonchev–Trinajstić information content (AvgIpc) is 2.39. The van der Waals surface area contributed by atoms with Crippen LogP contribution in [0.15, 0.2) is 54.6 Å². The topological polar surface area (TPSA) is 40.5 Å². The maximum atomic E-state index is 9.71. The molecule has 0 saturated carbocycles. The van der Waals surface area contributed by atoms with Gasteiger partial charge in [-0.25, -0.2) is 0 Å². The molecular formula is C15H16O2. The lowest BCUT2D eigenvalue weighted by Gasteiger charge is -2.14. The quantitative estimate of drug-likeness (QED) is 0.848. The van der Waals surface area contributed by atoms with Crippen molar-refractivity contribution in [1.82, 2.24) is 0 Å². The Morgan fingerprint density at radius 1 is 0.765 bits per heavy atom. The van der Waals surface area contributed by atoms with E-state index in [-0.39, 0.29) is 0 Å². The molecule has 2 N–H and O–H groups in total. The minimum Gasteiger partial charge on any atom is -0.390 e. The molecule has 2 rings (SSSR count). The summed E-state index contributed by atoms with van der Waals surface area (Å²) in [4.78, 5) is 0. The van der Waals surface area contributed by atoms with Gasteiger partial charge in [0.25, 0.3) is 0 Å². The highest BCUT2D eigenvalue weighted by atomic mass is 16.3. The summed E-state index contributed by atoms with van der Waals surface area (Å²) >= 11 is 0. The molecule has 0 fully saturated rings. The number of aliphatic hydroxyl groups is 2. The Morgan fingerprint density at radius 2 is 1.29 bits per heavy atom. The number of hydrogen-bond donors (Lipinski definition) is 2. The van der Waals surface area contributed by atoms with Gasteiger partial charge in [-0.2, -0.15) is 0 Å². The molecule has 0 radical (unpaired) electrons. The molecule has 0 amide bonds. The minimum atomic E-state index is -0.820. The van der Waals surface area contributed by atoms with Gasteiger partial charge < -0.3 is 10.2 Å². The summed E-state index contributed by atoms with van der Waals surface area (Å²) in [5.41, 5.74) is 2.98. The molecule has 2 nitrogen and oxygen atoms in total. The van der Waals surface area contributed by atoms with Crippen LogP contribution < -0.4 is 0 Å². The Bertz CT molecular complexity index is 460. The average molecular weight is 228 g/mol. The molecule has 2 aromatic rings. The molecule has 2 heteroatoms. The van der Waals surface area contributed by atoms with Crippen molar-refractivity contribution >= 4 is 0 Å². The van der Waals surface area contributed by atoms with E-state index in [4.69, 9.17) is 0 Å². The molecule has 0 heterocycles. The number of aliphatic hydroxyl groups excluding tert-OH is 2. The van der Waals surface area contributed by atoms with Crippen LogP contribution in [0.2, 0.25) is 0 Å². The SMILES string of the molecule is CC(O)C(O)c1ccc(-c2ccccc2)cc1. The van der Waals surface area contributed by atoms with Crippen molar-refractivity contribution in [2.45, 2.75) is 19.1 Å². The smallest absolute Gasteiger partial charge is 0.105 e. The van der Waals surface area contributed by atoms with Crippen molar-refractivity contribution in [1.29, 1.82) is 0 Å². The lowest BCUT2D eigenvalue weighted by molar-refractivity contribution is 0.0305. The van der Waals surface area contributed by atoms with E-state index in [1.165, 1.54) is 0 Å². The Hall–Kier alpha value is -1.64. The molecule has 0 spiro atoms. The van der Waals surface area contributed by atoms with Gasteiger partial charge in [0.15, 0.2) is 0 Å². The van der Waals surface area contributed by atoms with Crippen LogP contribution in [-0.2, 0) is 0 Å². The van der Waals surface area contributed by atoms with E-state index in [1.54, 1.807) is 6.92 Å². The van der Waals surface area contributed by atoms with Crippen LogP contribution >= 0.6 is 0 Å². The second-order valence-corrected chi connectivity index (χ2v) is 4.17. The fourth-order valence-electron chi connectivity index (χ4n) is 1.78. The first kappa shape index (κ1) is 11.8. The van der Waals surface area contributed by atoms with Crippen LogP contribution in [0.25, 0.3) is 11.1 Å². The zero-order valence-electron chi connectivity index (χ0n) is 9.75. The second kappa shape index (κ2) is 5.13. The van der Waals surface area contributed by atoms with Gasteiger partial charge in [0.05, 0.1) is 6.10 Å². The van der Waals surface area contributed by atoms with Crippen molar-refractivity contribution in [2.75, 3.05) is 0 Å². The first-order chi connectivity index (χ1) is 8.18. The highest BCUT2D eigenvalue weighted by molar-refractivity contribution is 5.63. The maximum absolute atomic E-state index is 9.71. The summed E-state index contributed by atoms with van der Waals surface area (Å²) in [5, 5.41) is 19.0. The standard InChI is InChI=1S/C15H16O2/c1-11(16)15(17)14-9-7-13(8-10-14)12-5-3-2-4-6-12/h2-11,15-17H,1H3. The van der Waals surface area contributed by atoms with Gasteiger partial charge in [0.1, 0.15) is 6.10 Å². The van der Waals surface area contributed by atoms with Crippen LogP contribution in [0.4, 0.5) is 0 Å². The van der Waals surface area contributed by atoms with Crippen LogP contribution in [0.1, 0.15) is 18.6 Å². The number of rotatable bonds is 3. The lowest BCUT2D eigenvalue weighted by atomic mass is 10.0. The van der Waals surface area contributed by atoms with E-state index in [9.17, 15) is 10.2 Å². The molecule has 0 aliphatic heterocycles. The summed E-state index contributed by atoms with van der Waals surface area (Å²) in [7, 11) is 0. The van der Waals surface area contributed by atoms with Crippen LogP contribution in [0, 0.1) is 0 Å². The molecule has 2 aromatic carbocycles. The molecule has 17 heavy (non-hydrogen) atoms. The first-order valence-corrected chi connectivity index (χ1v) is 5.70. The van der Waals surface area contributed by atoms with Gasteiger partial charge in [0, 0.05) is 0 Å². The van der Waals surface area contributed by atoms with Crippen molar-refractivity contribution < 1.29 is 10.2 Å². The fraction of sp³-hybridized carbons (Fsp3) is 0.200. The monoisotopic (exact) mass is 228 g/mol. The van der Waals surface area contributed by atoms with E-state index in [1.807, 2.05) is 54.6 Å². The third-order valence-electron chi connectivity index (χ3n) is 2.82. The second-order valence-electron chi connectivity index (χ2n) is 4.17. The van der Waals surface area contributed by atoms with Crippen molar-refractivity contribution in [3.63, 3.8) is 0 Å². The third kappa shape index (κ3) is 2.73. The van der Waals surface area contributed by atoms with Gasteiger partial charge in [-0.1, -0.05) is 54.6 Å².